The normalized spacial score (nSPS) is 10.8. The zero-order valence-electron chi connectivity index (χ0n) is 10.4. The third kappa shape index (κ3) is 2.40. The van der Waals surface area contributed by atoms with Gasteiger partial charge in [0.05, 0.1) is 6.61 Å². The van der Waals surface area contributed by atoms with Gasteiger partial charge in [0.1, 0.15) is 0 Å². The van der Waals surface area contributed by atoms with E-state index in [1.807, 2.05) is 24.3 Å². The lowest BCUT2D eigenvalue weighted by Crippen LogP contribution is -2.09. The number of hydrogen-bond donors (Lipinski definition) is 1. The van der Waals surface area contributed by atoms with Gasteiger partial charge in [-0.1, -0.05) is 48.5 Å². The topological polar surface area (TPSA) is 20.2 Å². The van der Waals surface area contributed by atoms with Crippen LogP contribution in [0.3, 0.4) is 0 Å². The van der Waals surface area contributed by atoms with Gasteiger partial charge in [0, 0.05) is 5.92 Å². The second kappa shape index (κ2) is 5.15. The van der Waals surface area contributed by atoms with Gasteiger partial charge in [0.25, 0.3) is 0 Å². The Labute approximate surface area is 103 Å². The van der Waals surface area contributed by atoms with Crippen LogP contribution in [-0.2, 0) is 0 Å². The van der Waals surface area contributed by atoms with Crippen LogP contribution in [0.1, 0.15) is 28.2 Å². The minimum absolute atomic E-state index is 0.0809. The minimum Gasteiger partial charge on any atom is -0.395 e. The lowest BCUT2D eigenvalue weighted by atomic mass is 9.87. The largest absolute Gasteiger partial charge is 0.395 e. The molecule has 0 atom stereocenters. The first-order valence-electron chi connectivity index (χ1n) is 5.96. The van der Waals surface area contributed by atoms with Crippen LogP contribution in [0.4, 0.5) is 0 Å². The Bertz CT molecular complexity index is 457. The Kier molecular flexibility index (Phi) is 3.60. The Morgan fingerprint density at radius 2 is 1.24 bits per heavy atom. The standard InChI is InChI=1S/C16H18O/c1-12-7-3-5-9-14(12)16(11-17)15-10-6-4-8-13(15)2/h3-10,16-17H,11H2,1-2H3. The average Bonchev–Trinajstić information content (AvgIpc) is 2.34. The van der Waals surface area contributed by atoms with Gasteiger partial charge >= 0.3 is 0 Å². The maximum Gasteiger partial charge on any atom is 0.0540 e. The van der Waals surface area contributed by atoms with Crippen molar-refractivity contribution in [3.05, 3.63) is 70.8 Å². The number of aryl methyl sites for hydroxylation is 2. The molecule has 0 heterocycles. The third-order valence-corrected chi connectivity index (χ3v) is 3.31. The van der Waals surface area contributed by atoms with Crippen molar-refractivity contribution in [2.45, 2.75) is 19.8 Å². The third-order valence-electron chi connectivity index (χ3n) is 3.31. The van der Waals surface area contributed by atoms with Gasteiger partial charge in [-0.05, 0) is 36.1 Å². The minimum atomic E-state index is 0.0809. The number of aliphatic hydroxyl groups excluding tert-OH is 1. The molecule has 1 nitrogen and oxygen atoms in total. The number of aliphatic hydroxyl groups is 1. The summed E-state index contributed by atoms with van der Waals surface area (Å²) in [6.07, 6.45) is 0. The van der Waals surface area contributed by atoms with Crippen LogP contribution in [0.5, 0.6) is 0 Å². The Morgan fingerprint density at radius 3 is 1.59 bits per heavy atom. The highest BCUT2D eigenvalue weighted by molar-refractivity contribution is 5.40. The molecule has 2 aromatic rings. The van der Waals surface area contributed by atoms with E-state index in [4.69, 9.17) is 0 Å². The molecule has 0 aromatic heterocycles. The zero-order valence-corrected chi connectivity index (χ0v) is 10.4. The van der Waals surface area contributed by atoms with E-state index in [0.717, 1.165) is 0 Å². The van der Waals surface area contributed by atoms with Gasteiger partial charge in [-0.3, -0.25) is 0 Å². The molecule has 0 aliphatic carbocycles. The molecule has 1 heteroatoms. The highest BCUT2D eigenvalue weighted by Gasteiger charge is 2.16. The molecule has 0 aliphatic heterocycles. The Balaban J connectivity index is 2.48. The summed E-state index contributed by atoms with van der Waals surface area (Å²) in [7, 11) is 0. The number of hydrogen-bond acceptors (Lipinski definition) is 1. The molecule has 2 rings (SSSR count). The van der Waals surface area contributed by atoms with E-state index in [9.17, 15) is 5.11 Å². The van der Waals surface area contributed by atoms with Gasteiger partial charge < -0.3 is 5.11 Å². The molecule has 0 amide bonds. The van der Waals surface area contributed by atoms with Crippen molar-refractivity contribution in [2.24, 2.45) is 0 Å². The lowest BCUT2D eigenvalue weighted by Gasteiger charge is -2.19. The van der Waals surface area contributed by atoms with Crippen molar-refractivity contribution < 1.29 is 5.11 Å². The first-order chi connectivity index (χ1) is 8.24. The van der Waals surface area contributed by atoms with E-state index in [1.54, 1.807) is 0 Å². The summed E-state index contributed by atoms with van der Waals surface area (Å²) >= 11 is 0. The molecule has 0 saturated carbocycles. The maximum atomic E-state index is 9.68. The molecule has 0 unspecified atom stereocenters. The van der Waals surface area contributed by atoms with Crippen LogP contribution < -0.4 is 0 Å². The quantitative estimate of drug-likeness (QED) is 0.850. The summed E-state index contributed by atoms with van der Waals surface area (Å²) in [5, 5.41) is 9.68. The molecule has 0 bridgehead atoms. The van der Waals surface area contributed by atoms with Crippen LogP contribution in [-0.4, -0.2) is 11.7 Å². The van der Waals surface area contributed by atoms with Crippen LogP contribution >= 0.6 is 0 Å². The van der Waals surface area contributed by atoms with Gasteiger partial charge in [-0.15, -0.1) is 0 Å². The molecular formula is C16H18O. The molecule has 0 radical (unpaired) electrons. The van der Waals surface area contributed by atoms with Gasteiger partial charge in [-0.2, -0.15) is 0 Å². The van der Waals surface area contributed by atoms with E-state index in [0.29, 0.717) is 0 Å². The second-order valence-electron chi connectivity index (χ2n) is 4.45. The molecule has 2 aromatic carbocycles. The molecule has 17 heavy (non-hydrogen) atoms. The summed E-state index contributed by atoms with van der Waals surface area (Å²) in [6.45, 7) is 4.34. The summed E-state index contributed by atoms with van der Waals surface area (Å²) < 4.78 is 0. The molecular weight excluding hydrogens is 208 g/mol. The van der Waals surface area contributed by atoms with E-state index in [2.05, 4.69) is 38.1 Å². The molecule has 0 saturated heterocycles. The summed E-state index contributed by atoms with van der Waals surface area (Å²) in [5.74, 6) is 0.0809. The van der Waals surface area contributed by atoms with E-state index < -0.39 is 0 Å². The fraction of sp³-hybridized carbons (Fsp3) is 0.250. The fourth-order valence-electron chi connectivity index (χ4n) is 2.32. The van der Waals surface area contributed by atoms with Crippen LogP contribution in [0, 0.1) is 13.8 Å². The predicted octanol–water partition coefficient (Wildman–Crippen LogP) is 3.43. The molecule has 0 spiro atoms. The van der Waals surface area contributed by atoms with Crippen molar-refractivity contribution in [1.29, 1.82) is 0 Å². The molecule has 0 aliphatic rings. The molecule has 88 valence electrons. The Hall–Kier alpha value is -1.60. The summed E-state index contributed by atoms with van der Waals surface area (Å²) in [4.78, 5) is 0. The van der Waals surface area contributed by atoms with Gasteiger partial charge in [0.15, 0.2) is 0 Å². The highest BCUT2D eigenvalue weighted by atomic mass is 16.3. The van der Waals surface area contributed by atoms with Crippen LogP contribution in [0.15, 0.2) is 48.5 Å². The van der Waals surface area contributed by atoms with Crippen molar-refractivity contribution in [2.75, 3.05) is 6.61 Å². The number of benzene rings is 2. The van der Waals surface area contributed by atoms with E-state index in [1.165, 1.54) is 22.3 Å². The summed E-state index contributed by atoms with van der Waals surface area (Å²) in [6, 6.07) is 16.5. The fourth-order valence-corrected chi connectivity index (χ4v) is 2.32. The zero-order chi connectivity index (χ0) is 12.3. The van der Waals surface area contributed by atoms with Gasteiger partial charge in [-0.25, -0.2) is 0 Å². The van der Waals surface area contributed by atoms with Crippen LogP contribution in [0.25, 0.3) is 0 Å². The SMILES string of the molecule is Cc1ccccc1C(CO)c1ccccc1C. The molecule has 1 N–H and O–H groups in total. The van der Waals surface area contributed by atoms with Crippen molar-refractivity contribution in [3.63, 3.8) is 0 Å². The second-order valence-corrected chi connectivity index (χ2v) is 4.45. The lowest BCUT2D eigenvalue weighted by molar-refractivity contribution is 0.280. The Morgan fingerprint density at radius 1 is 0.824 bits per heavy atom. The van der Waals surface area contributed by atoms with Crippen molar-refractivity contribution >= 4 is 0 Å². The summed E-state index contributed by atoms with van der Waals surface area (Å²) in [5.41, 5.74) is 4.89. The average molecular weight is 226 g/mol. The van der Waals surface area contributed by atoms with Crippen LogP contribution in [0.2, 0.25) is 0 Å². The van der Waals surface area contributed by atoms with Crippen molar-refractivity contribution in [1.82, 2.24) is 0 Å². The molecule has 0 fully saturated rings. The highest BCUT2D eigenvalue weighted by Crippen LogP contribution is 2.28. The maximum absolute atomic E-state index is 9.68. The van der Waals surface area contributed by atoms with Crippen molar-refractivity contribution in [3.8, 4) is 0 Å². The first-order valence-corrected chi connectivity index (χ1v) is 5.96. The monoisotopic (exact) mass is 226 g/mol. The number of rotatable bonds is 3. The van der Waals surface area contributed by atoms with E-state index in [-0.39, 0.29) is 12.5 Å². The smallest absolute Gasteiger partial charge is 0.0540 e. The predicted molar refractivity (Wildman–Crippen MR) is 71.3 cm³/mol. The van der Waals surface area contributed by atoms with Gasteiger partial charge in [0.2, 0.25) is 0 Å². The van der Waals surface area contributed by atoms with E-state index >= 15 is 0 Å². The first kappa shape index (κ1) is 11.9.